The molecule has 0 radical (unpaired) electrons. The summed E-state index contributed by atoms with van der Waals surface area (Å²) in [5.41, 5.74) is 1.31. The van der Waals surface area contributed by atoms with Crippen LogP contribution in [0.15, 0.2) is 18.2 Å². The number of hydrogen-bond acceptors (Lipinski definition) is 4. The average molecular weight is 264 g/mol. The Morgan fingerprint density at radius 2 is 1.95 bits per heavy atom. The molecule has 106 valence electrons. The van der Waals surface area contributed by atoms with Crippen molar-refractivity contribution >= 4 is 0 Å². The first-order chi connectivity index (χ1) is 9.29. The van der Waals surface area contributed by atoms with E-state index in [-0.39, 0.29) is 0 Å². The summed E-state index contributed by atoms with van der Waals surface area (Å²) < 4.78 is 11.1. The zero-order chi connectivity index (χ0) is 13.5. The maximum absolute atomic E-state index is 5.60. The monoisotopic (exact) mass is 264 g/mol. The molecule has 0 unspecified atom stereocenters. The number of rotatable bonds is 7. The third-order valence-electron chi connectivity index (χ3n) is 3.31. The van der Waals surface area contributed by atoms with E-state index in [0.717, 1.165) is 44.1 Å². The number of benzene rings is 1. The topological polar surface area (TPSA) is 33.7 Å². The van der Waals surface area contributed by atoms with Gasteiger partial charge in [0.2, 0.25) is 0 Å². The van der Waals surface area contributed by atoms with Gasteiger partial charge in [0.05, 0.1) is 0 Å². The summed E-state index contributed by atoms with van der Waals surface area (Å²) in [6, 6.07) is 6.25. The molecule has 19 heavy (non-hydrogen) atoms. The molecule has 0 aromatic heterocycles. The number of nitrogens with one attached hydrogen (secondary N) is 1. The molecule has 0 saturated heterocycles. The summed E-state index contributed by atoms with van der Waals surface area (Å²) >= 11 is 0. The summed E-state index contributed by atoms with van der Waals surface area (Å²) in [5.74, 6) is 1.76. The summed E-state index contributed by atoms with van der Waals surface area (Å²) in [4.78, 5) is 2.35. The standard InChI is InChI=1S/C15H24N2O2/c1-3-16-7-9-17(2)8-6-13-4-5-14-15(12-13)19-11-10-18-14/h4-5,12,16H,3,6-11H2,1-2H3. The number of nitrogens with zero attached hydrogens (tertiary/aromatic N) is 1. The molecule has 0 aliphatic carbocycles. The lowest BCUT2D eigenvalue weighted by atomic mass is 10.1. The Kier molecular flexibility index (Phi) is 5.48. The molecule has 0 spiro atoms. The Morgan fingerprint density at radius 1 is 1.16 bits per heavy atom. The highest BCUT2D eigenvalue weighted by molar-refractivity contribution is 5.43. The van der Waals surface area contributed by atoms with Gasteiger partial charge in [-0.25, -0.2) is 0 Å². The third kappa shape index (κ3) is 4.40. The molecule has 1 aliphatic heterocycles. The fourth-order valence-corrected chi connectivity index (χ4v) is 2.12. The summed E-state index contributed by atoms with van der Waals surface area (Å²) in [5, 5.41) is 3.34. The molecule has 1 heterocycles. The van der Waals surface area contributed by atoms with Crippen LogP contribution in [0.3, 0.4) is 0 Å². The van der Waals surface area contributed by atoms with E-state index < -0.39 is 0 Å². The van der Waals surface area contributed by atoms with Gasteiger partial charge in [-0.15, -0.1) is 0 Å². The van der Waals surface area contributed by atoms with Crippen LogP contribution in [0.5, 0.6) is 11.5 Å². The van der Waals surface area contributed by atoms with Crippen molar-refractivity contribution in [3.63, 3.8) is 0 Å². The Labute approximate surface area is 115 Å². The van der Waals surface area contributed by atoms with Crippen LogP contribution in [0.2, 0.25) is 0 Å². The smallest absolute Gasteiger partial charge is 0.161 e. The fraction of sp³-hybridized carbons (Fsp3) is 0.600. The molecule has 0 saturated carbocycles. The lowest BCUT2D eigenvalue weighted by molar-refractivity contribution is 0.171. The van der Waals surface area contributed by atoms with Crippen molar-refractivity contribution in [3.8, 4) is 11.5 Å². The molecule has 4 nitrogen and oxygen atoms in total. The van der Waals surface area contributed by atoms with Crippen LogP contribution in [0.1, 0.15) is 12.5 Å². The maximum atomic E-state index is 5.60. The minimum absolute atomic E-state index is 0.652. The minimum atomic E-state index is 0.652. The Morgan fingerprint density at radius 3 is 2.74 bits per heavy atom. The Balaban J connectivity index is 1.79. The van der Waals surface area contributed by atoms with Gasteiger partial charge in [-0.3, -0.25) is 0 Å². The van der Waals surface area contributed by atoms with E-state index in [2.05, 4.69) is 36.3 Å². The fourth-order valence-electron chi connectivity index (χ4n) is 2.12. The Hall–Kier alpha value is -1.26. The molecular weight excluding hydrogens is 240 g/mol. The number of ether oxygens (including phenoxy) is 2. The average Bonchev–Trinajstić information content (AvgIpc) is 2.45. The highest BCUT2D eigenvalue weighted by atomic mass is 16.6. The molecule has 0 amide bonds. The molecule has 1 aromatic carbocycles. The third-order valence-corrected chi connectivity index (χ3v) is 3.31. The first-order valence-electron chi connectivity index (χ1n) is 7.07. The van der Waals surface area contributed by atoms with E-state index >= 15 is 0 Å². The van der Waals surface area contributed by atoms with Crippen LogP contribution in [0.4, 0.5) is 0 Å². The van der Waals surface area contributed by atoms with Gasteiger partial charge in [0.15, 0.2) is 11.5 Å². The molecule has 0 bridgehead atoms. The second-order valence-electron chi connectivity index (χ2n) is 4.88. The van der Waals surface area contributed by atoms with E-state index in [9.17, 15) is 0 Å². The molecule has 1 N–H and O–H groups in total. The van der Waals surface area contributed by atoms with Crippen molar-refractivity contribution in [1.29, 1.82) is 0 Å². The first kappa shape index (κ1) is 14.2. The molecule has 0 fully saturated rings. The van der Waals surface area contributed by atoms with Crippen LogP contribution < -0.4 is 14.8 Å². The largest absolute Gasteiger partial charge is 0.486 e. The second-order valence-corrected chi connectivity index (χ2v) is 4.88. The van der Waals surface area contributed by atoms with Crippen molar-refractivity contribution in [2.75, 3.05) is 46.4 Å². The normalized spacial score (nSPS) is 13.8. The first-order valence-corrected chi connectivity index (χ1v) is 7.07. The van der Waals surface area contributed by atoms with Crippen molar-refractivity contribution in [3.05, 3.63) is 23.8 Å². The lowest BCUT2D eigenvalue weighted by Gasteiger charge is -2.20. The van der Waals surface area contributed by atoms with E-state index in [4.69, 9.17) is 9.47 Å². The molecule has 1 aliphatic rings. The second kappa shape index (κ2) is 7.36. The number of fused-ring (bicyclic) bond motifs is 1. The van der Waals surface area contributed by atoms with Crippen LogP contribution in [0.25, 0.3) is 0 Å². The zero-order valence-electron chi connectivity index (χ0n) is 11.9. The highest BCUT2D eigenvalue weighted by Gasteiger charge is 2.11. The Bertz CT molecular complexity index is 396. The minimum Gasteiger partial charge on any atom is -0.486 e. The van der Waals surface area contributed by atoms with Crippen LogP contribution in [0, 0.1) is 0 Å². The van der Waals surface area contributed by atoms with Crippen LogP contribution in [-0.4, -0.2) is 51.3 Å². The maximum Gasteiger partial charge on any atom is 0.161 e. The van der Waals surface area contributed by atoms with Gasteiger partial charge < -0.3 is 19.7 Å². The predicted molar refractivity (Wildman–Crippen MR) is 77.2 cm³/mol. The molecule has 0 atom stereocenters. The van der Waals surface area contributed by atoms with E-state index in [1.54, 1.807) is 0 Å². The quantitative estimate of drug-likeness (QED) is 0.758. The summed E-state index contributed by atoms with van der Waals surface area (Å²) in [6.45, 7) is 7.67. The SMILES string of the molecule is CCNCCN(C)CCc1ccc2c(c1)OCCO2. The van der Waals surface area contributed by atoms with Crippen LogP contribution >= 0.6 is 0 Å². The van der Waals surface area contributed by atoms with E-state index in [0.29, 0.717) is 13.2 Å². The van der Waals surface area contributed by atoms with Gasteiger partial charge in [0.25, 0.3) is 0 Å². The van der Waals surface area contributed by atoms with E-state index in [1.165, 1.54) is 5.56 Å². The predicted octanol–water partition coefficient (Wildman–Crippen LogP) is 1.54. The van der Waals surface area contributed by atoms with Crippen molar-refractivity contribution < 1.29 is 9.47 Å². The summed E-state index contributed by atoms with van der Waals surface area (Å²) in [7, 11) is 2.16. The number of hydrogen-bond donors (Lipinski definition) is 1. The highest BCUT2D eigenvalue weighted by Crippen LogP contribution is 2.30. The molecule has 2 rings (SSSR count). The van der Waals surface area contributed by atoms with E-state index in [1.807, 2.05) is 6.07 Å². The summed E-state index contributed by atoms with van der Waals surface area (Å²) in [6.07, 6.45) is 1.04. The van der Waals surface area contributed by atoms with Gasteiger partial charge in [-0.05, 0) is 37.7 Å². The lowest BCUT2D eigenvalue weighted by Crippen LogP contribution is -2.30. The van der Waals surface area contributed by atoms with Crippen molar-refractivity contribution in [2.45, 2.75) is 13.3 Å². The van der Waals surface area contributed by atoms with Crippen LogP contribution in [-0.2, 0) is 6.42 Å². The van der Waals surface area contributed by atoms with Gasteiger partial charge in [-0.1, -0.05) is 13.0 Å². The molecule has 1 aromatic rings. The molecule has 4 heteroatoms. The van der Waals surface area contributed by atoms with Gasteiger partial charge in [-0.2, -0.15) is 0 Å². The van der Waals surface area contributed by atoms with Gasteiger partial charge in [0, 0.05) is 19.6 Å². The molecular formula is C15H24N2O2. The van der Waals surface area contributed by atoms with Gasteiger partial charge in [0.1, 0.15) is 13.2 Å². The van der Waals surface area contributed by atoms with Crippen molar-refractivity contribution in [1.82, 2.24) is 10.2 Å². The van der Waals surface area contributed by atoms with Crippen molar-refractivity contribution in [2.24, 2.45) is 0 Å². The number of likely N-dealkylation sites (N-methyl/N-ethyl adjacent to an activating group) is 2. The zero-order valence-corrected chi connectivity index (χ0v) is 11.9. The van der Waals surface area contributed by atoms with Gasteiger partial charge >= 0.3 is 0 Å².